The van der Waals surface area contributed by atoms with Crippen molar-refractivity contribution in [3.8, 4) is 0 Å². The molecule has 0 aliphatic heterocycles. The molecule has 0 N–H and O–H groups in total. The molecule has 0 bridgehead atoms. The molecule has 1 aromatic heterocycles. The first-order valence-corrected chi connectivity index (χ1v) is 5.69. The first-order valence-electron chi connectivity index (χ1n) is 4.77. The monoisotopic (exact) mass is 286 g/mol. The molecule has 0 fully saturated rings. The number of benzene rings is 1. The van der Waals surface area contributed by atoms with Crippen LogP contribution in [0.15, 0.2) is 41.2 Å². The maximum absolute atomic E-state index is 13.4. The van der Waals surface area contributed by atoms with Crippen molar-refractivity contribution in [2.24, 2.45) is 0 Å². The molecule has 1 heterocycles. The lowest BCUT2D eigenvalue weighted by Crippen LogP contribution is -1.99. The number of hydrogen-bond acceptors (Lipinski definition) is 1. The summed E-state index contributed by atoms with van der Waals surface area (Å²) in [4.78, 5) is -0.0810. The maximum Gasteiger partial charge on any atom is 0.162 e. The van der Waals surface area contributed by atoms with Crippen LogP contribution >= 0.6 is 15.9 Å². The topological polar surface area (TPSA) is 13.1 Å². The van der Waals surface area contributed by atoms with E-state index in [0.717, 1.165) is 11.6 Å². The molecule has 0 aliphatic rings. The predicted molar refractivity (Wildman–Crippen MR) is 60.4 cm³/mol. The van der Waals surface area contributed by atoms with Crippen LogP contribution in [0.5, 0.6) is 0 Å². The van der Waals surface area contributed by atoms with Gasteiger partial charge in [0.1, 0.15) is 0 Å². The summed E-state index contributed by atoms with van der Waals surface area (Å²) in [6.45, 7) is 0. The fourth-order valence-corrected chi connectivity index (χ4v) is 2.08. The van der Waals surface area contributed by atoms with Gasteiger partial charge in [-0.15, -0.1) is 0 Å². The lowest BCUT2D eigenvalue weighted by Gasteiger charge is -2.08. The maximum atomic E-state index is 13.4. The predicted octanol–water partition coefficient (Wildman–Crippen LogP) is 4.24. The zero-order valence-corrected chi connectivity index (χ0v) is 9.88. The summed E-state index contributed by atoms with van der Waals surface area (Å²) >= 11 is 3.41. The minimum absolute atomic E-state index is 0.0810. The summed E-state index contributed by atoms with van der Waals surface area (Å²) < 4.78 is 31.3. The highest BCUT2D eigenvalue weighted by Gasteiger charge is 2.14. The van der Waals surface area contributed by atoms with E-state index in [1.165, 1.54) is 6.07 Å². The lowest BCUT2D eigenvalue weighted by atomic mass is 10.1. The van der Waals surface area contributed by atoms with Crippen LogP contribution in [-0.4, -0.2) is 0 Å². The van der Waals surface area contributed by atoms with Gasteiger partial charge >= 0.3 is 0 Å². The molecule has 0 radical (unpaired) electrons. The van der Waals surface area contributed by atoms with Gasteiger partial charge < -0.3 is 4.42 Å². The number of furan rings is 1. The quantitative estimate of drug-likeness (QED) is 0.770. The summed E-state index contributed by atoms with van der Waals surface area (Å²) in [7, 11) is 0. The Bertz CT molecular complexity index is 468. The molecule has 0 saturated carbocycles. The molecule has 1 unspecified atom stereocenters. The van der Waals surface area contributed by atoms with Crippen molar-refractivity contribution in [3.05, 3.63) is 59.6 Å². The summed E-state index contributed by atoms with van der Waals surface area (Å²) in [6, 6.07) is 5.98. The highest BCUT2D eigenvalue weighted by atomic mass is 79.9. The van der Waals surface area contributed by atoms with Gasteiger partial charge in [-0.25, -0.2) is 8.78 Å². The van der Waals surface area contributed by atoms with E-state index < -0.39 is 11.6 Å². The SMILES string of the molecule is Fc1cccc(CC(Br)c2ccoc2)c1F. The molecule has 16 heavy (non-hydrogen) atoms. The molecule has 4 heteroatoms. The van der Waals surface area contributed by atoms with Crippen molar-refractivity contribution in [3.63, 3.8) is 0 Å². The van der Waals surface area contributed by atoms with Crippen LogP contribution in [0.3, 0.4) is 0 Å². The van der Waals surface area contributed by atoms with Gasteiger partial charge in [0.2, 0.25) is 0 Å². The molecular formula is C12H9BrF2O. The zero-order chi connectivity index (χ0) is 11.5. The largest absolute Gasteiger partial charge is 0.472 e. The van der Waals surface area contributed by atoms with E-state index in [-0.39, 0.29) is 4.83 Å². The van der Waals surface area contributed by atoms with Crippen LogP contribution in [0.1, 0.15) is 16.0 Å². The second-order valence-corrected chi connectivity index (χ2v) is 4.55. The molecule has 2 aromatic rings. The van der Waals surface area contributed by atoms with Crippen molar-refractivity contribution in [1.29, 1.82) is 0 Å². The fourth-order valence-electron chi connectivity index (χ4n) is 1.47. The van der Waals surface area contributed by atoms with Crippen molar-refractivity contribution in [2.75, 3.05) is 0 Å². The molecule has 0 saturated heterocycles. The van der Waals surface area contributed by atoms with Gasteiger partial charge in [0.25, 0.3) is 0 Å². The van der Waals surface area contributed by atoms with E-state index >= 15 is 0 Å². The first-order chi connectivity index (χ1) is 7.68. The molecule has 84 valence electrons. The summed E-state index contributed by atoms with van der Waals surface area (Å²) in [5, 5.41) is 0. The minimum Gasteiger partial charge on any atom is -0.472 e. The Morgan fingerprint density at radius 1 is 1.25 bits per heavy atom. The molecule has 0 amide bonds. The number of rotatable bonds is 3. The van der Waals surface area contributed by atoms with Crippen LogP contribution in [0, 0.1) is 11.6 Å². The van der Waals surface area contributed by atoms with Crippen LogP contribution in [0.2, 0.25) is 0 Å². The van der Waals surface area contributed by atoms with Crippen LogP contribution in [-0.2, 0) is 6.42 Å². The average molecular weight is 287 g/mol. The Labute approximate surface area is 100 Å². The van der Waals surface area contributed by atoms with Gasteiger partial charge in [-0.2, -0.15) is 0 Å². The van der Waals surface area contributed by atoms with E-state index in [9.17, 15) is 8.78 Å². The normalized spacial score (nSPS) is 12.7. The van der Waals surface area contributed by atoms with Crippen molar-refractivity contribution in [1.82, 2.24) is 0 Å². The van der Waals surface area contributed by atoms with Gasteiger partial charge in [0, 0.05) is 10.4 Å². The third kappa shape index (κ3) is 2.32. The highest BCUT2D eigenvalue weighted by Crippen LogP contribution is 2.28. The van der Waals surface area contributed by atoms with E-state index in [1.54, 1.807) is 24.7 Å². The first kappa shape index (κ1) is 11.3. The molecule has 1 atom stereocenters. The molecule has 0 spiro atoms. The van der Waals surface area contributed by atoms with Crippen molar-refractivity contribution < 1.29 is 13.2 Å². The summed E-state index contributed by atoms with van der Waals surface area (Å²) in [5.41, 5.74) is 1.26. The Morgan fingerprint density at radius 3 is 2.75 bits per heavy atom. The fraction of sp³-hybridized carbons (Fsp3) is 0.167. The zero-order valence-electron chi connectivity index (χ0n) is 8.29. The molecular weight excluding hydrogens is 278 g/mol. The summed E-state index contributed by atoms with van der Waals surface area (Å²) in [5.74, 6) is -1.60. The molecule has 0 aliphatic carbocycles. The Balaban J connectivity index is 2.18. The van der Waals surface area contributed by atoms with Crippen molar-refractivity contribution in [2.45, 2.75) is 11.2 Å². The number of halogens is 3. The average Bonchev–Trinajstić information content (AvgIpc) is 2.78. The van der Waals surface area contributed by atoms with E-state index in [2.05, 4.69) is 15.9 Å². The lowest BCUT2D eigenvalue weighted by molar-refractivity contribution is 0.498. The second kappa shape index (κ2) is 4.78. The molecule has 2 rings (SSSR count). The van der Waals surface area contributed by atoms with Crippen LogP contribution in [0.4, 0.5) is 8.78 Å². The number of hydrogen-bond donors (Lipinski definition) is 0. The molecule has 1 aromatic carbocycles. The third-order valence-corrected chi connectivity index (χ3v) is 3.19. The third-order valence-electron chi connectivity index (χ3n) is 2.34. The standard InChI is InChI=1S/C12H9BrF2O/c13-10(9-4-5-16-7-9)6-8-2-1-3-11(14)12(8)15/h1-5,7,10H,6H2. The van der Waals surface area contributed by atoms with Gasteiger partial charge in [-0.3, -0.25) is 0 Å². The van der Waals surface area contributed by atoms with Gasteiger partial charge in [0.15, 0.2) is 11.6 Å². The Morgan fingerprint density at radius 2 is 2.06 bits per heavy atom. The van der Waals surface area contributed by atoms with Gasteiger partial charge in [-0.05, 0) is 24.1 Å². The highest BCUT2D eigenvalue weighted by molar-refractivity contribution is 9.09. The van der Waals surface area contributed by atoms with Gasteiger partial charge in [0.05, 0.1) is 12.5 Å². The number of alkyl halides is 1. The van der Waals surface area contributed by atoms with E-state index in [4.69, 9.17) is 4.42 Å². The smallest absolute Gasteiger partial charge is 0.162 e. The second-order valence-electron chi connectivity index (χ2n) is 3.44. The summed E-state index contributed by atoms with van der Waals surface area (Å²) in [6.07, 6.45) is 3.51. The Hall–Kier alpha value is -1.16. The van der Waals surface area contributed by atoms with Crippen LogP contribution < -0.4 is 0 Å². The molecule has 1 nitrogen and oxygen atoms in total. The van der Waals surface area contributed by atoms with Crippen molar-refractivity contribution >= 4 is 15.9 Å². The Kier molecular flexibility index (Phi) is 3.39. The van der Waals surface area contributed by atoms with E-state index in [1.807, 2.05) is 0 Å². The van der Waals surface area contributed by atoms with Crippen LogP contribution in [0.25, 0.3) is 0 Å². The minimum atomic E-state index is -0.815. The van der Waals surface area contributed by atoms with E-state index in [0.29, 0.717) is 12.0 Å². The van der Waals surface area contributed by atoms with Gasteiger partial charge in [-0.1, -0.05) is 28.1 Å².